The summed E-state index contributed by atoms with van der Waals surface area (Å²) in [4.78, 5) is 2.11. The van der Waals surface area contributed by atoms with Gasteiger partial charge in [-0.05, 0) is 24.6 Å². The number of nitrogens with two attached hydrogens (primary N) is 1. The predicted molar refractivity (Wildman–Crippen MR) is 80.6 cm³/mol. The van der Waals surface area contributed by atoms with Gasteiger partial charge in [-0.25, -0.2) is 0 Å². The fourth-order valence-corrected chi connectivity index (χ4v) is 2.42. The van der Waals surface area contributed by atoms with Gasteiger partial charge in [0.15, 0.2) is 0 Å². The molecule has 0 fully saturated rings. The zero-order valence-electron chi connectivity index (χ0n) is 11.5. The lowest BCUT2D eigenvalue weighted by Crippen LogP contribution is -2.18. The fourth-order valence-electron chi connectivity index (χ4n) is 2.07. The molecule has 1 aromatic carbocycles. The van der Waals surface area contributed by atoms with E-state index in [1.165, 1.54) is 0 Å². The molecule has 2 N–H and O–H groups in total. The van der Waals surface area contributed by atoms with Crippen LogP contribution >= 0.6 is 11.6 Å². The number of aryl methyl sites for hydroxylation is 2. The van der Waals surface area contributed by atoms with Crippen LogP contribution in [0.5, 0.6) is 0 Å². The minimum atomic E-state index is 0.700. The van der Waals surface area contributed by atoms with Gasteiger partial charge in [0.25, 0.3) is 0 Å². The quantitative estimate of drug-likeness (QED) is 0.875. The van der Waals surface area contributed by atoms with Gasteiger partial charge < -0.3 is 10.6 Å². The van der Waals surface area contributed by atoms with Gasteiger partial charge in [0.1, 0.15) is 0 Å². The molecule has 19 heavy (non-hydrogen) atoms. The molecule has 0 saturated carbocycles. The van der Waals surface area contributed by atoms with Gasteiger partial charge in [-0.15, -0.1) is 0 Å². The van der Waals surface area contributed by atoms with E-state index in [4.69, 9.17) is 17.3 Å². The Morgan fingerprint density at radius 1 is 1.42 bits per heavy atom. The first kappa shape index (κ1) is 13.7. The van der Waals surface area contributed by atoms with E-state index in [1.807, 2.05) is 43.0 Å². The molecule has 1 heterocycles. The molecule has 1 aromatic heterocycles. The number of halogens is 1. The van der Waals surface area contributed by atoms with Gasteiger partial charge in [0.2, 0.25) is 0 Å². The molecule has 0 saturated heterocycles. The largest absolute Gasteiger partial charge is 0.399 e. The van der Waals surface area contributed by atoms with Crippen LogP contribution in [0.3, 0.4) is 0 Å². The lowest BCUT2D eigenvalue weighted by atomic mass is 10.2. The van der Waals surface area contributed by atoms with E-state index in [0.29, 0.717) is 6.54 Å². The molecular formula is C14H19ClN4. The Bertz CT molecular complexity index is 577. The molecule has 102 valence electrons. The maximum absolute atomic E-state index is 6.36. The minimum absolute atomic E-state index is 0.700. The third kappa shape index (κ3) is 2.84. The van der Waals surface area contributed by atoms with Crippen molar-refractivity contribution in [2.45, 2.75) is 19.9 Å². The highest BCUT2D eigenvalue weighted by Gasteiger charge is 2.14. The van der Waals surface area contributed by atoms with Gasteiger partial charge in [-0.1, -0.05) is 24.6 Å². The van der Waals surface area contributed by atoms with Gasteiger partial charge in [0, 0.05) is 25.5 Å². The predicted octanol–water partition coefficient (Wildman–Crippen LogP) is 2.85. The first-order valence-electron chi connectivity index (χ1n) is 6.29. The molecule has 0 bridgehead atoms. The lowest BCUT2D eigenvalue weighted by Gasteiger charge is -2.20. The average Bonchev–Trinajstić information content (AvgIpc) is 2.66. The summed E-state index contributed by atoms with van der Waals surface area (Å²) >= 11 is 6.36. The molecule has 0 aliphatic rings. The maximum Gasteiger partial charge on any atom is 0.0868 e. The van der Waals surface area contributed by atoms with Crippen LogP contribution in [0.25, 0.3) is 0 Å². The Morgan fingerprint density at radius 2 is 2.16 bits per heavy atom. The van der Waals surface area contributed by atoms with E-state index < -0.39 is 0 Å². The number of nitrogen functional groups attached to an aromatic ring is 1. The number of aromatic nitrogens is 2. The highest BCUT2D eigenvalue weighted by atomic mass is 35.5. The summed E-state index contributed by atoms with van der Waals surface area (Å²) < 4.78 is 1.85. The highest BCUT2D eigenvalue weighted by molar-refractivity contribution is 6.31. The van der Waals surface area contributed by atoms with Crippen molar-refractivity contribution in [3.8, 4) is 0 Å². The second-order valence-corrected chi connectivity index (χ2v) is 5.01. The molecule has 2 rings (SSSR count). The number of rotatable bonds is 4. The second-order valence-electron chi connectivity index (χ2n) is 4.64. The van der Waals surface area contributed by atoms with Crippen molar-refractivity contribution in [2.75, 3.05) is 17.7 Å². The molecule has 5 heteroatoms. The number of benzene rings is 1. The summed E-state index contributed by atoms with van der Waals surface area (Å²) in [6.45, 7) is 2.76. The number of hydrogen-bond donors (Lipinski definition) is 1. The first-order chi connectivity index (χ1) is 9.02. The van der Waals surface area contributed by atoms with Gasteiger partial charge >= 0.3 is 0 Å². The Balaban J connectivity index is 2.24. The molecule has 0 spiro atoms. The molecule has 0 unspecified atom stereocenters. The van der Waals surface area contributed by atoms with Crippen molar-refractivity contribution in [2.24, 2.45) is 7.05 Å². The molecule has 4 nitrogen and oxygen atoms in total. The standard InChI is InChI=1S/C14H19ClN4/c1-4-12-14(15)13(19(3)17-12)9-18(2)11-7-5-6-10(16)8-11/h5-8H,4,9,16H2,1-3H3. The zero-order valence-corrected chi connectivity index (χ0v) is 12.3. The zero-order chi connectivity index (χ0) is 14.0. The van der Waals surface area contributed by atoms with E-state index in [-0.39, 0.29) is 0 Å². The van der Waals surface area contributed by atoms with E-state index in [1.54, 1.807) is 0 Å². The Hall–Kier alpha value is -1.68. The average molecular weight is 279 g/mol. The van der Waals surface area contributed by atoms with Crippen molar-refractivity contribution >= 4 is 23.0 Å². The smallest absolute Gasteiger partial charge is 0.0868 e. The van der Waals surface area contributed by atoms with Crippen LogP contribution in [0.1, 0.15) is 18.3 Å². The molecule has 0 atom stereocenters. The van der Waals surface area contributed by atoms with Crippen molar-refractivity contribution in [1.82, 2.24) is 9.78 Å². The molecule has 2 aromatic rings. The third-order valence-electron chi connectivity index (χ3n) is 3.20. The normalized spacial score (nSPS) is 10.7. The summed E-state index contributed by atoms with van der Waals surface area (Å²) in [5.41, 5.74) is 9.59. The second kappa shape index (κ2) is 5.53. The van der Waals surface area contributed by atoms with Gasteiger partial charge in [0.05, 0.1) is 23.0 Å². The van der Waals surface area contributed by atoms with Crippen LogP contribution in [0, 0.1) is 0 Å². The summed E-state index contributed by atoms with van der Waals surface area (Å²) in [6, 6.07) is 7.80. The van der Waals surface area contributed by atoms with E-state index in [0.717, 1.165) is 34.2 Å². The van der Waals surface area contributed by atoms with Gasteiger partial charge in [-0.3, -0.25) is 4.68 Å². The summed E-state index contributed by atoms with van der Waals surface area (Å²) in [6.07, 6.45) is 0.842. The fraction of sp³-hybridized carbons (Fsp3) is 0.357. The van der Waals surface area contributed by atoms with Gasteiger partial charge in [-0.2, -0.15) is 5.10 Å². The van der Waals surface area contributed by atoms with Crippen molar-refractivity contribution < 1.29 is 0 Å². The number of hydrogen-bond acceptors (Lipinski definition) is 3. The molecule has 0 amide bonds. The third-order valence-corrected chi connectivity index (χ3v) is 3.64. The minimum Gasteiger partial charge on any atom is -0.399 e. The Kier molecular flexibility index (Phi) is 4.00. The van der Waals surface area contributed by atoms with E-state index in [9.17, 15) is 0 Å². The van der Waals surface area contributed by atoms with Crippen LogP contribution < -0.4 is 10.6 Å². The Morgan fingerprint density at radius 3 is 2.74 bits per heavy atom. The van der Waals surface area contributed by atoms with Crippen LogP contribution in [-0.4, -0.2) is 16.8 Å². The molecule has 0 radical (unpaired) electrons. The summed E-state index contributed by atoms with van der Waals surface area (Å²) in [5.74, 6) is 0. The topological polar surface area (TPSA) is 47.1 Å². The maximum atomic E-state index is 6.36. The van der Waals surface area contributed by atoms with E-state index in [2.05, 4.69) is 16.9 Å². The number of nitrogens with zero attached hydrogens (tertiary/aromatic N) is 3. The monoisotopic (exact) mass is 278 g/mol. The molecule has 0 aliphatic heterocycles. The molecular weight excluding hydrogens is 260 g/mol. The van der Waals surface area contributed by atoms with Crippen molar-refractivity contribution in [3.63, 3.8) is 0 Å². The van der Waals surface area contributed by atoms with Crippen LogP contribution in [0.2, 0.25) is 5.02 Å². The summed E-state index contributed by atoms with van der Waals surface area (Å²) in [7, 11) is 3.94. The SMILES string of the molecule is CCc1nn(C)c(CN(C)c2cccc(N)c2)c1Cl. The van der Waals surface area contributed by atoms with Crippen LogP contribution in [0.4, 0.5) is 11.4 Å². The molecule has 0 aliphatic carbocycles. The lowest BCUT2D eigenvalue weighted by molar-refractivity contribution is 0.689. The van der Waals surface area contributed by atoms with Crippen LogP contribution in [-0.2, 0) is 20.0 Å². The van der Waals surface area contributed by atoms with Crippen molar-refractivity contribution in [1.29, 1.82) is 0 Å². The van der Waals surface area contributed by atoms with Crippen LogP contribution in [0.15, 0.2) is 24.3 Å². The summed E-state index contributed by atoms with van der Waals surface area (Å²) in [5, 5.41) is 5.19. The van der Waals surface area contributed by atoms with Crippen molar-refractivity contribution in [3.05, 3.63) is 40.7 Å². The first-order valence-corrected chi connectivity index (χ1v) is 6.67. The number of anilines is 2. The Labute approximate surface area is 118 Å². The highest BCUT2D eigenvalue weighted by Crippen LogP contribution is 2.24. The van der Waals surface area contributed by atoms with E-state index >= 15 is 0 Å².